The number of rotatable bonds is 3. The maximum atomic E-state index is 12.4. The van der Waals surface area contributed by atoms with Crippen molar-refractivity contribution in [2.75, 3.05) is 0 Å². The minimum atomic E-state index is -0.0601. The number of aromatic nitrogens is 3. The van der Waals surface area contributed by atoms with E-state index in [1.807, 2.05) is 18.2 Å². The third-order valence-electron chi connectivity index (χ3n) is 5.21. The van der Waals surface area contributed by atoms with Crippen molar-refractivity contribution in [3.8, 4) is 11.5 Å². The number of hydrogen-bond acceptors (Lipinski definition) is 4. The molecule has 2 aromatic heterocycles. The maximum Gasteiger partial charge on any atom is 0.254 e. The van der Waals surface area contributed by atoms with Crippen LogP contribution in [0.2, 0.25) is 0 Å². The van der Waals surface area contributed by atoms with E-state index in [1.54, 1.807) is 18.6 Å². The third-order valence-corrected chi connectivity index (χ3v) is 5.21. The van der Waals surface area contributed by atoms with Gasteiger partial charge in [-0.15, -0.1) is 0 Å². The summed E-state index contributed by atoms with van der Waals surface area (Å²) in [6.07, 6.45) is 11.1. The Balaban J connectivity index is 1.45. The molecule has 0 saturated heterocycles. The first-order chi connectivity index (χ1) is 11.3. The van der Waals surface area contributed by atoms with Crippen LogP contribution in [0.1, 0.15) is 42.5 Å². The van der Waals surface area contributed by atoms with Gasteiger partial charge in [-0.1, -0.05) is 18.9 Å². The molecule has 2 aromatic rings. The molecular weight excluding hydrogens is 288 g/mol. The number of carbonyl (C=O) groups excluding carboxylic acids is 1. The van der Waals surface area contributed by atoms with E-state index in [-0.39, 0.29) is 5.91 Å². The summed E-state index contributed by atoms with van der Waals surface area (Å²) in [5, 5.41) is 3.19. The fraction of sp³-hybridized carbons (Fsp3) is 0.444. The van der Waals surface area contributed by atoms with Crippen molar-refractivity contribution in [3.05, 3.63) is 42.4 Å². The molecule has 3 atom stereocenters. The fourth-order valence-electron chi connectivity index (χ4n) is 4.06. The van der Waals surface area contributed by atoms with Gasteiger partial charge in [-0.3, -0.25) is 9.78 Å². The molecule has 0 aromatic carbocycles. The molecule has 0 spiro atoms. The van der Waals surface area contributed by atoms with Crippen LogP contribution in [0.15, 0.2) is 36.8 Å². The Morgan fingerprint density at radius 3 is 2.70 bits per heavy atom. The second-order valence-corrected chi connectivity index (χ2v) is 6.52. The molecule has 2 saturated carbocycles. The van der Waals surface area contributed by atoms with E-state index in [2.05, 4.69) is 20.3 Å². The molecule has 2 fully saturated rings. The SMILES string of the molecule is O=C(N[C@H]1CC[C@@H]2CCC[C@@H]21)c1cnc(-c2ccccn2)nc1. The summed E-state index contributed by atoms with van der Waals surface area (Å²) in [6.45, 7) is 0. The topological polar surface area (TPSA) is 67.8 Å². The number of fused-ring (bicyclic) bond motifs is 1. The van der Waals surface area contributed by atoms with Crippen LogP contribution in [0.5, 0.6) is 0 Å². The van der Waals surface area contributed by atoms with Gasteiger partial charge in [0.1, 0.15) is 5.69 Å². The molecule has 23 heavy (non-hydrogen) atoms. The van der Waals surface area contributed by atoms with Crippen LogP contribution in [0, 0.1) is 11.8 Å². The molecule has 1 N–H and O–H groups in total. The molecule has 2 aliphatic carbocycles. The summed E-state index contributed by atoms with van der Waals surface area (Å²) in [4.78, 5) is 25.2. The van der Waals surface area contributed by atoms with E-state index in [4.69, 9.17) is 0 Å². The number of carbonyl (C=O) groups is 1. The van der Waals surface area contributed by atoms with Crippen molar-refractivity contribution < 1.29 is 4.79 Å². The summed E-state index contributed by atoms with van der Waals surface area (Å²) >= 11 is 0. The monoisotopic (exact) mass is 308 g/mol. The molecule has 2 heterocycles. The third kappa shape index (κ3) is 2.83. The predicted molar refractivity (Wildman–Crippen MR) is 86.6 cm³/mol. The molecule has 1 amide bonds. The van der Waals surface area contributed by atoms with Gasteiger partial charge in [-0.2, -0.15) is 0 Å². The normalized spacial score (nSPS) is 26.0. The summed E-state index contributed by atoms with van der Waals surface area (Å²) in [5.74, 6) is 1.98. The molecule has 4 rings (SSSR count). The lowest BCUT2D eigenvalue weighted by Gasteiger charge is -2.19. The van der Waals surface area contributed by atoms with E-state index < -0.39 is 0 Å². The smallest absolute Gasteiger partial charge is 0.254 e. The minimum Gasteiger partial charge on any atom is -0.349 e. The summed E-state index contributed by atoms with van der Waals surface area (Å²) in [5.41, 5.74) is 1.23. The zero-order valence-electron chi connectivity index (χ0n) is 13.0. The number of amides is 1. The standard InChI is InChI=1S/C18H20N4O/c23-18(22-15-8-7-12-4-3-5-14(12)15)13-10-20-17(21-11-13)16-6-1-2-9-19-16/h1-2,6,9-12,14-15H,3-5,7-8H2,(H,22,23)/t12-,14-,15-/m0/s1. The number of hydrogen-bond donors (Lipinski definition) is 1. The van der Waals surface area contributed by atoms with Crippen molar-refractivity contribution in [1.82, 2.24) is 20.3 Å². The van der Waals surface area contributed by atoms with E-state index in [0.717, 1.165) is 12.3 Å². The predicted octanol–water partition coefficient (Wildman–Crippen LogP) is 2.85. The number of pyridine rings is 1. The average molecular weight is 308 g/mol. The van der Waals surface area contributed by atoms with E-state index in [9.17, 15) is 4.79 Å². The zero-order chi connectivity index (χ0) is 15.6. The van der Waals surface area contributed by atoms with Gasteiger partial charge in [0, 0.05) is 24.6 Å². The fourth-order valence-corrected chi connectivity index (χ4v) is 4.06. The van der Waals surface area contributed by atoms with Gasteiger partial charge in [-0.25, -0.2) is 9.97 Å². The highest BCUT2D eigenvalue weighted by atomic mass is 16.1. The Morgan fingerprint density at radius 1 is 1.04 bits per heavy atom. The lowest BCUT2D eigenvalue weighted by molar-refractivity contribution is 0.0925. The van der Waals surface area contributed by atoms with Crippen LogP contribution in [0.4, 0.5) is 0 Å². The Morgan fingerprint density at radius 2 is 1.91 bits per heavy atom. The average Bonchev–Trinajstić information content (AvgIpc) is 3.21. The van der Waals surface area contributed by atoms with Crippen molar-refractivity contribution in [3.63, 3.8) is 0 Å². The van der Waals surface area contributed by atoms with Crippen molar-refractivity contribution in [1.29, 1.82) is 0 Å². The molecule has 5 nitrogen and oxygen atoms in total. The first kappa shape index (κ1) is 14.3. The van der Waals surface area contributed by atoms with Crippen LogP contribution in [-0.4, -0.2) is 26.9 Å². The van der Waals surface area contributed by atoms with Gasteiger partial charge in [-0.05, 0) is 43.2 Å². The van der Waals surface area contributed by atoms with Gasteiger partial charge >= 0.3 is 0 Å². The van der Waals surface area contributed by atoms with Gasteiger partial charge in [0.25, 0.3) is 5.91 Å². The Hall–Kier alpha value is -2.30. The van der Waals surface area contributed by atoms with Crippen molar-refractivity contribution >= 4 is 5.91 Å². The van der Waals surface area contributed by atoms with Crippen molar-refractivity contribution in [2.45, 2.75) is 38.1 Å². The second-order valence-electron chi connectivity index (χ2n) is 6.52. The lowest BCUT2D eigenvalue weighted by atomic mass is 9.97. The van der Waals surface area contributed by atoms with Gasteiger partial charge in [0.05, 0.1) is 5.56 Å². The van der Waals surface area contributed by atoms with Gasteiger partial charge in [0.15, 0.2) is 5.82 Å². The highest BCUT2D eigenvalue weighted by Gasteiger charge is 2.39. The Kier molecular flexibility index (Phi) is 3.77. The lowest BCUT2D eigenvalue weighted by Crippen LogP contribution is -2.37. The first-order valence-corrected chi connectivity index (χ1v) is 8.35. The minimum absolute atomic E-state index is 0.0601. The second kappa shape index (κ2) is 6.07. The molecular formula is C18H20N4O. The van der Waals surface area contributed by atoms with Crippen LogP contribution in [-0.2, 0) is 0 Å². The van der Waals surface area contributed by atoms with Crippen LogP contribution >= 0.6 is 0 Å². The van der Waals surface area contributed by atoms with Gasteiger partial charge < -0.3 is 5.32 Å². The molecule has 0 aliphatic heterocycles. The number of nitrogens with zero attached hydrogens (tertiary/aromatic N) is 3. The van der Waals surface area contributed by atoms with E-state index in [1.165, 1.54) is 25.7 Å². The quantitative estimate of drug-likeness (QED) is 0.946. The van der Waals surface area contributed by atoms with E-state index in [0.29, 0.717) is 29.0 Å². The van der Waals surface area contributed by atoms with Crippen LogP contribution in [0.25, 0.3) is 11.5 Å². The van der Waals surface area contributed by atoms with E-state index >= 15 is 0 Å². The maximum absolute atomic E-state index is 12.4. The Bertz CT molecular complexity index is 686. The van der Waals surface area contributed by atoms with Gasteiger partial charge in [0.2, 0.25) is 0 Å². The molecule has 0 unspecified atom stereocenters. The first-order valence-electron chi connectivity index (χ1n) is 8.35. The largest absolute Gasteiger partial charge is 0.349 e. The van der Waals surface area contributed by atoms with Crippen LogP contribution < -0.4 is 5.32 Å². The van der Waals surface area contributed by atoms with Crippen molar-refractivity contribution in [2.24, 2.45) is 11.8 Å². The molecule has 2 aliphatic rings. The molecule has 0 bridgehead atoms. The summed E-state index contributed by atoms with van der Waals surface area (Å²) < 4.78 is 0. The number of nitrogens with one attached hydrogen (secondary N) is 1. The molecule has 5 heteroatoms. The van der Waals surface area contributed by atoms with Crippen LogP contribution in [0.3, 0.4) is 0 Å². The highest BCUT2D eigenvalue weighted by molar-refractivity contribution is 5.93. The zero-order valence-corrected chi connectivity index (χ0v) is 13.0. The molecule has 0 radical (unpaired) electrons. The molecule has 118 valence electrons. The Labute approximate surface area is 135 Å². The summed E-state index contributed by atoms with van der Waals surface area (Å²) in [7, 11) is 0. The highest BCUT2D eigenvalue weighted by Crippen LogP contribution is 2.43. The summed E-state index contributed by atoms with van der Waals surface area (Å²) in [6, 6.07) is 5.92.